The molecule has 178 valence electrons. The van der Waals surface area contributed by atoms with E-state index in [1.807, 2.05) is 0 Å². The fourth-order valence-corrected chi connectivity index (χ4v) is 3.60. The highest BCUT2D eigenvalue weighted by Gasteiger charge is 2.46. The second kappa shape index (κ2) is 9.38. The summed E-state index contributed by atoms with van der Waals surface area (Å²) in [5.41, 5.74) is -2.68. The Morgan fingerprint density at radius 1 is 1.09 bits per heavy atom. The number of hydrogen-bond acceptors (Lipinski definition) is 6. The number of methoxy groups -OCH3 is 1. The number of alkyl halides is 3. The Bertz CT molecular complexity index is 875. The third-order valence-electron chi connectivity index (χ3n) is 4.82. The van der Waals surface area contributed by atoms with E-state index in [1.165, 1.54) is 24.8 Å². The van der Waals surface area contributed by atoms with Crippen LogP contribution in [0.15, 0.2) is 18.2 Å². The first-order valence-electron chi connectivity index (χ1n) is 10.1. The van der Waals surface area contributed by atoms with Gasteiger partial charge in [-0.3, -0.25) is 4.79 Å². The van der Waals surface area contributed by atoms with Crippen molar-refractivity contribution in [1.29, 1.82) is 0 Å². The first-order chi connectivity index (χ1) is 14.7. The quantitative estimate of drug-likeness (QED) is 0.491. The molecule has 1 aromatic carbocycles. The number of benzene rings is 1. The van der Waals surface area contributed by atoms with Crippen LogP contribution >= 0.6 is 0 Å². The minimum atomic E-state index is -4.83. The molecule has 7 nitrogen and oxygen atoms in total. The predicted molar refractivity (Wildman–Crippen MR) is 108 cm³/mol. The Kier molecular flexibility index (Phi) is 7.47. The second-order valence-electron chi connectivity index (χ2n) is 8.84. The lowest BCUT2D eigenvalue weighted by Crippen LogP contribution is -2.36. The summed E-state index contributed by atoms with van der Waals surface area (Å²) >= 11 is 0. The lowest BCUT2D eigenvalue weighted by atomic mass is 9.84. The van der Waals surface area contributed by atoms with Crippen LogP contribution in [0.2, 0.25) is 0 Å². The number of rotatable bonds is 4. The number of hydrogen-bond donors (Lipinski definition) is 0. The molecule has 2 rings (SSSR count). The smallest absolute Gasteiger partial charge is 0.417 e. The van der Waals surface area contributed by atoms with Gasteiger partial charge in [-0.05, 0) is 46.2 Å². The van der Waals surface area contributed by atoms with E-state index in [0.29, 0.717) is 0 Å². The largest absolute Gasteiger partial charge is 0.469 e. The van der Waals surface area contributed by atoms with E-state index in [0.717, 1.165) is 19.2 Å². The summed E-state index contributed by atoms with van der Waals surface area (Å²) in [6.07, 6.45) is -6.20. The Morgan fingerprint density at radius 3 is 2.22 bits per heavy atom. The number of amides is 1. The van der Waals surface area contributed by atoms with E-state index < -0.39 is 58.9 Å². The molecule has 1 aromatic rings. The Balaban J connectivity index is 2.58. The number of carbonyl (C=O) groups excluding carboxylic acids is 3. The molecule has 1 saturated heterocycles. The van der Waals surface area contributed by atoms with Crippen molar-refractivity contribution in [3.05, 3.63) is 34.9 Å². The van der Waals surface area contributed by atoms with Gasteiger partial charge in [0.15, 0.2) is 0 Å². The number of nitrogens with zero attached hydrogens (tertiary/aromatic N) is 1. The van der Waals surface area contributed by atoms with Gasteiger partial charge in [-0.15, -0.1) is 0 Å². The molecular weight excluding hydrogens is 431 g/mol. The highest BCUT2D eigenvalue weighted by molar-refractivity contribution is 5.94. The monoisotopic (exact) mass is 459 g/mol. The highest BCUT2D eigenvalue weighted by Crippen LogP contribution is 2.41. The number of likely N-dealkylation sites (tertiary alicyclic amines) is 1. The van der Waals surface area contributed by atoms with Crippen LogP contribution in [-0.4, -0.2) is 54.8 Å². The average molecular weight is 459 g/mol. The van der Waals surface area contributed by atoms with E-state index in [9.17, 15) is 27.6 Å². The van der Waals surface area contributed by atoms with Crippen molar-refractivity contribution in [3.8, 4) is 0 Å². The Labute approximate surface area is 184 Å². The molecule has 2 atom stereocenters. The minimum absolute atomic E-state index is 0.0352. The second-order valence-corrected chi connectivity index (χ2v) is 8.84. The van der Waals surface area contributed by atoms with Crippen LogP contribution in [0.5, 0.6) is 0 Å². The van der Waals surface area contributed by atoms with Gasteiger partial charge in [-0.1, -0.05) is 12.1 Å². The SMILES string of the molecule is COC(=O)[C@@H]1CN(C(=O)OC(C)(C)C)C[C@@H]1c1cccc(C(F)(F)F)c1C(=O)OC(C)C. The Hall–Kier alpha value is -2.78. The van der Waals surface area contributed by atoms with Gasteiger partial charge in [-0.25, -0.2) is 9.59 Å². The summed E-state index contributed by atoms with van der Waals surface area (Å²) in [6.45, 7) is 7.80. The topological polar surface area (TPSA) is 82.1 Å². The van der Waals surface area contributed by atoms with E-state index in [2.05, 4.69) is 0 Å². The summed E-state index contributed by atoms with van der Waals surface area (Å²) in [6, 6.07) is 3.29. The van der Waals surface area contributed by atoms with Crippen LogP contribution in [0.3, 0.4) is 0 Å². The molecule has 0 unspecified atom stereocenters. The number of esters is 2. The lowest BCUT2D eigenvalue weighted by Gasteiger charge is -2.25. The van der Waals surface area contributed by atoms with E-state index in [1.54, 1.807) is 20.8 Å². The molecule has 0 saturated carbocycles. The lowest BCUT2D eigenvalue weighted by molar-refractivity contribution is -0.145. The number of halogens is 3. The standard InChI is InChI=1S/C22H28F3NO6/c1-12(2)31-19(28)17-13(8-7-9-16(17)22(23,24)25)14-10-26(11-15(14)18(27)30-6)20(29)32-21(3,4)5/h7-9,12,14-15H,10-11H2,1-6H3/t14-,15-/m1/s1. The molecule has 0 aliphatic carbocycles. The van der Waals surface area contributed by atoms with Gasteiger partial charge in [0.05, 0.1) is 30.3 Å². The zero-order valence-electron chi connectivity index (χ0n) is 18.9. The molecule has 0 N–H and O–H groups in total. The molecule has 1 amide bonds. The molecule has 32 heavy (non-hydrogen) atoms. The fourth-order valence-electron chi connectivity index (χ4n) is 3.60. The van der Waals surface area contributed by atoms with Gasteiger partial charge < -0.3 is 19.1 Å². The Morgan fingerprint density at radius 2 is 1.72 bits per heavy atom. The normalized spacial score (nSPS) is 19.1. The van der Waals surface area contributed by atoms with Crippen LogP contribution in [0, 0.1) is 5.92 Å². The van der Waals surface area contributed by atoms with Crippen molar-refractivity contribution >= 4 is 18.0 Å². The van der Waals surface area contributed by atoms with E-state index in [-0.39, 0.29) is 18.7 Å². The van der Waals surface area contributed by atoms with Crippen molar-refractivity contribution in [2.45, 2.75) is 58.4 Å². The molecule has 0 aromatic heterocycles. The molecule has 0 spiro atoms. The van der Waals surface area contributed by atoms with Crippen LogP contribution < -0.4 is 0 Å². The first-order valence-corrected chi connectivity index (χ1v) is 10.1. The van der Waals surface area contributed by atoms with Gasteiger partial charge in [0.1, 0.15) is 5.60 Å². The zero-order valence-corrected chi connectivity index (χ0v) is 18.9. The molecule has 1 aliphatic heterocycles. The predicted octanol–water partition coefficient (Wildman–Crippen LogP) is 4.39. The van der Waals surface area contributed by atoms with Gasteiger partial charge in [0.2, 0.25) is 0 Å². The maximum Gasteiger partial charge on any atom is 0.417 e. The first kappa shape index (κ1) is 25.5. The molecule has 0 radical (unpaired) electrons. The fraction of sp³-hybridized carbons (Fsp3) is 0.591. The van der Waals surface area contributed by atoms with Gasteiger partial charge >= 0.3 is 24.2 Å². The number of ether oxygens (including phenoxy) is 3. The number of carbonyl (C=O) groups is 3. The molecule has 10 heteroatoms. The molecule has 1 aliphatic rings. The molecular formula is C22H28F3NO6. The summed E-state index contributed by atoms with van der Waals surface area (Å²) in [5.74, 6) is -3.77. The van der Waals surface area contributed by atoms with Crippen LogP contribution in [0.1, 0.15) is 62.0 Å². The maximum absolute atomic E-state index is 13.7. The van der Waals surface area contributed by atoms with Crippen LogP contribution in [-0.2, 0) is 25.2 Å². The van der Waals surface area contributed by atoms with Crippen molar-refractivity contribution in [2.75, 3.05) is 20.2 Å². The van der Waals surface area contributed by atoms with Crippen molar-refractivity contribution < 1.29 is 41.8 Å². The maximum atomic E-state index is 13.7. The minimum Gasteiger partial charge on any atom is -0.469 e. The van der Waals surface area contributed by atoms with E-state index in [4.69, 9.17) is 14.2 Å². The van der Waals surface area contributed by atoms with Gasteiger partial charge in [0.25, 0.3) is 0 Å². The summed E-state index contributed by atoms with van der Waals surface area (Å²) in [5, 5.41) is 0. The summed E-state index contributed by atoms with van der Waals surface area (Å²) in [4.78, 5) is 39.0. The highest BCUT2D eigenvalue weighted by atomic mass is 19.4. The summed E-state index contributed by atoms with van der Waals surface area (Å²) in [7, 11) is 1.15. The van der Waals surface area contributed by atoms with Crippen molar-refractivity contribution in [1.82, 2.24) is 4.90 Å². The zero-order chi connectivity index (χ0) is 24.4. The third-order valence-corrected chi connectivity index (χ3v) is 4.82. The third kappa shape index (κ3) is 5.92. The van der Waals surface area contributed by atoms with E-state index >= 15 is 0 Å². The molecule has 1 fully saturated rings. The molecule has 0 bridgehead atoms. The van der Waals surface area contributed by atoms with Gasteiger partial charge in [0, 0.05) is 19.0 Å². The van der Waals surface area contributed by atoms with Crippen molar-refractivity contribution in [3.63, 3.8) is 0 Å². The molecule has 1 heterocycles. The van der Waals surface area contributed by atoms with Crippen LogP contribution in [0.4, 0.5) is 18.0 Å². The average Bonchev–Trinajstić information content (AvgIpc) is 3.09. The summed E-state index contributed by atoms with van der Waals surface area (Å²) < 4.78 is 56.5. The van der Waals surface area contributed by atoms with Crippen LogP contribution in [0.25, 0.3) is 0 Å². The van der Waals surface area contributed by atoms with Gasteiger partial charge in [-0.2, -0.15) is 13.2 Å². The van der Waals surface area contributed by atoms with Crippen molar-refractivity contribution in [2.24, 2.45) is 5.92 Å².